The van der Waals surface area contributed by atoms with Gasteiger partial charge in [0.1, 0.15) is 5.75 Å². The van der Waals surface area contributed by atoms with E-state index in [1.807, 2.05) is 32.9 Å². The quantitative estimate of drug-likeness (QED) is 0.819. The van der Waals surface area contributed by atoms with Crippen LogP contribution < -0.4 is 10.1 Å². The van der Waals surface area contributed by atoms with Gasteiger partial charge in [-0.3, -0.25) is 0 Å². The molecule has 16 heavy (non-hydrogen) atoms. The minimum Gasteiger partial charge on any atom is -0.410 e. The Balaban J connectivity index is 2.80. The van der Waals surface area contributed by atoms with Crippen LogP contribution in [-0.2, 0) is 0 Å². The van der Waals surface area contributed by atoms with Gasteiger partial charge in [-0.25, -0.2) is 4.79 Å². The Morgan fingerprint density at radius 3 is 2.56 bits per heavy atom. The van der Waals surface area contributed by atoms with Gasteiger partial charge in [0.25, 0.3) is 0 Å². The molecule has 1 rings (SSSR count). The average molecular weight is 223 g/mol. The van der Waals surface area contributed by atoms with Gasteiger partial charge in [0, 0.05) is 6.54 Å². The van der Waals surface area contributed by atoms with Crippen LogP contribution in [0.25, 0.3) is 0 Å². The number of nitrogens with one attached hydrogen (secondary N) is 1. The van der Waals surface area contributed by atoms with Crippen LogP contribution in [0.1, 0.15) is 16.7 Å². The summed E-state index contributed by atoms with van der Waals surface area (Å²) < 4.78 is 5.20. The molecule has 0 saturated heterocycles. The van der Waals surface area contributed by atoms with Crippen molar-refractivity contribution in [2.24, 2.45) is 0 Å². The van der Waals surface area contributed by atoms with Gasteiger partial charge in [-0.2, -0.15) is 0 Å². The van der Waals surface area contributed by atoms with E-state index in [1.54, 1.807) is 0 Å². The highest BCUT2D eigenvalue weighted by Crippen LogP contribution is 2.25. The molecule has 0 atom stereocenters. The van der Waals surface area contributed by atoms with E-state index in [0.717, 1.165) is 16.7 Å². The lowest BCUT2D eigenvalue weighted by atomic mass is 10.1. The van der Waals surface area contributed by atoms with Crippen molar-refractivity contribution in [2.75, 3.05) is 13.2 Å². The zero-order chi connectivity index (χ0) is 12.1. The van der Waals surface area contributed by atoms with Gasteiger partial charge in [-0.1, -0.05) is 12.1 Å². The first-order valence-electron chi connectivity index (χ1n) is 5.19. The fourth-order valence-electron chi connectivity index (χ4n) is 1.37. The van der Waals surface area contributed by atoms with Gasteiger partial charge in [-0.15, -0.1) is 0 Å². The smallest absolute Gasteiger partial charge is 0.410 e. The maximum absolute atomic E-state index is 11.3. The van der Waals surface area contributed by atoms with Crippen LogP contribution >= 0.6 is 0 Å². The molecule has 0 bridgehead atoms. The van der Waals surface area contributed by atoms with Crippen molar-refractivity contribution >= 4 is 6.09 Å². The molecule has 0 aliphatic heterocycles. The summed E-state index contributed by atoms with van der Waals surface area (Å²) in [7, 11) is 0. The lowest BCUT2D eigenvalue weighted by Crippen LogP contribution is -2.29. The normalized spacial score (nSPS) is 10.0. The SMILES string of the molecule is Cc1ccc(C)c(OC(=O)NCCO)c1C. The Hall–Kier alpha value is -1.55. The monoisotopic (exact) mass is 223 g/mol. The van der Waals surface area contributed by atoms with Gasteiger partial charge >= 0.3 is 6.09 Å². The van der Waals surface area contributed by atoms with E-state index >= 15 is 0 Å². The van der Waals surface area contributed by atoms with E-state index in [0.29, 0.717) is 5.75 Å². The minimum atomic E-state index is -0.536. The number of aliphatic hydroxyl groups excluding tert-OH is 1. The van der Waals surface area contributed by atoms with E-state index in [-0.39, 0.29) is 13.2 Å². The minimum absolute atomic E-state index is 0.0963. The number of carbonyl (C=O) groups excluding carboxylic acids is 1. The highest BCUT2D eigenvalue weighted by atomic mass is 16.6. The molecule has 1 aromatic rings. The molecule has 2 N–H and O–H groups in total. The van der Waals surface area contributed by atoms with E-state index in [9.17, 15) is 4.79 Å². The van der Waals surface area contributed by atoms with Crippen molar-refractivity contribution in [1.29, 1.82) is 0 Å². The fourth-order valence-corrected chi connectivity index (χ4v) is 1.37. The van der Waals surface area contributed by atoms with Crippen LogP contribution in [0.15, 0.2) is 12.1 Å². The molecule has 1 amide bonds. The third-order valence-electron chi connectivity index (χ3n) is 2.45. The third-order valence-corrected chi connectivity index (χ3v) is 2.45. The number of ether oxygens (including phenoxy) is 1. The number of aryl methyl sites for hydroxylation is 2. The highest BCUT2D eigenvalue weighted by Gasteiger charge is 2.10. The van der Waals surface area contributed by atoms with Gasteiger partial charge in [0.15, 0.2) is 0 Å². The summed E-state index contributed by atoms with van der Waals surface area (Å²) in [5.41, 5.74) is 2.96. The number of benzene rings is 1. The first-order valence-corrected chi connectivity index (χ1v) is 5.19. The van der Waals surface area contributed by atoms with E-state index in [4.69, 9.17) is 9.84 Å². The Labute approximate surface area is 95.2 Å². The molecule has 0 aliphatic rings. The number of hydrogen-bond acceptors (Lipinski definition) is 3. The zero-order valence-electron chi connectivity index (χ0n) is 9.83. The van der Waals surface area contributed by atoms with Gasteiger partial charge in [-0.05, 0) is 37.5 Å². The van der Waals surface area contributed by atoms with Crippen LogP contribution in [0.5, 0.6) is 5.75 Å². The van der Waals surface area contributed by atoms with Gasteiger partial charge < -0.3 is 15.2 Å². The molecule has 0 aliphatic carbocycles. The van der Waals surface area contributed by atoms with Crippen LogP contribution in [0.2, 0.25) is 0 Å². The highest BCUT2D eigenvalue weighted by molar-refractivity contribution is 5.71. The second-order valence-electron chi connectivity index (χ2n) is 3.69. The van der Waals surface area contributed by atoms with Crippen molar-refractivity contribution in [3.8, 4) is 5.75 Å². The van der Waals surface area contributed by atoms with E-state index < -0.39 is 6.09 Å². The molecular weight excluding hydrogens is 206 g/mol. The molecule has 0 heterocycles. The third kappa shape index (κ3) is 2.97. The van der Waals surface area contributed by atoms with E-state index in [1.165, 1.54) is 0 Å². The largest absolute Gasteiger partial charge is 0.412 e. The molecule has 0 saturated carbocycles. The maximum atomic E-state index is 11.3. The summed E-state index contributed by atoms with van der Waals surface area (Å²) in [5.74, 6) is 0.593. The molecule has 88 valence electrons. The Morgan fingerprint density at radius 1 is 1.31 bits per heavy atom. The van der Waals surface area contributed by atoms with E-state index in [2.05, 4.69) is 5.32 Å². The average Bonchev–Trinajstić information content (AvgIpc) is 2.27. The fraction of sp³-hybridized carbons (Fsp3) is 0.417. The summed E-state index contributed by atoms with van der Waals surface area (Å²) >= 11 is 0. The molecule has 4 nitrogen and oxygen atoms in total. The first kappa shape index (κ1) is 12.5. The number of carbonyl (C=O) groups is 1. The second kappa shape index (κ2) is 5.51. The molecule has 0 spiro atoms. The maximum Gasteiger partial charge on any atom is 0.412 e. The standard InChI is InChI=1S/C12H17NO3/c1-8-4-5-9(2)11(10(8)3)16-12(15)13-6-7-14/h4-5,14H,6-7H2,1-3H3,(H,13,15). The predicted octanol–water partition coefficient (Wildman–Crippen LogP) is 1.69. The van der Waals surface area contributed by atoms with Crippen molar-refractivity contribution in [3.05, 3.63) is 28.8 Å². The second-order valence-corrected chi connectivity index (χ2v) is 3.69. The van der Waals surface area contributed by atoms with Gasteiger partial charge in [0.05, 0.1) is 6.61 Å². The molecule has 4 heteroatoms. The van der Waals surface area contributed by atoms with Crippen LogP contribution in [0.3, 0.4) is 0 Å². The Bertz CT molecular complexity index is 388. The van der Waals surface area contributed by atoms with Crippen LogP contribution in [-0.4, -0.2) is 24.4 Å². The number of rotatable bonds is 3. The molecule has 1 aromatic carbocycles. The summed E-state index contributed by atoms with van der Waals surface area (Å²) in [5, 5.41) is 11.0. The molecule has 0 fully saturated rings. The van der Waals surface area contributed by atoms with Crippen molar-refractivity contribution in [3.63, 3.8) is 0 Å². The summed E-state index contributed by atoms with van der Waals surface area (Å²) in [4.78, 5) is 11.3. The Kier molecular flexibility index (Phi) is 4.31. The molecule has 0 radical (unpaired) electrons. The summed E-state index contributed by atoms with van der Waals surface area (Å²) in [6.45, 7) is 5.87. The van der Waals surface area contributed by atoms with Crippen molar-refractivity contribution < 1.29 is 14.6 Å². The molecule has 0 aromatic heterocycles. The number of aliphatic hydroxyl groups is 1. The lowest BCUT2D eigenvalue weighted by molar-refractivity contribution is 0.195. The van der Waals surface area contributed by atoms with Crippen LogP contribution in [0, 0.1) is 20.8 Å². The topological polar surface area (TPSA) is 58.6 Å². The summed E-state index contributed by atoms with van der Waals surface area (Å²) in [6.07, 6.45) is -0.536. The van der Waals surface area contributed by atoms with Crippen molar-refractivity contribution in [2.45, 2.75) is 20.8 Å². The van der Waals surface area contributed by atoms with Crippen LogP contribution in [0.4, 0.5) is 4.79 Å². The van der Waals surface area contributed by atoms with Gasteiger partial charge in [0.2, 0.25) is 0 Å². The lowest BCUT2D eigenvalue weighted by Gasteiger charge is -2.12. The van der Waals surface area contributed by atoms with Crippen molar-refractivity contribution in [1.82, 2.24) is 5.32 Å². The number of hydrogen-bond donors (Lipinski definition) is 2. The number of amides is 1. The zero-order valence-corrected chi connectivity index (χ0v) is 9.83. The first-order chi connectivity index (χ1) is 7.56. The summed E-state index contributed by atoms with van der Waals surface area (Å²) in [6, 6.07) is 3.90. The Morgan fingerprint density at radius 2 is 1.94 bits per heavy atom. The predicted molar refractivity (Wildman–Crippen MR) is 61.8 cm³/mol. The molecular formula is C12H17NO3. The molecule has 0 unspecified atom stereocenters.